The summed E-state index contributed by atoms with van der Waals surface area (Å²) in [5.74, 6) is -1.56. The van der Waals surface area contributed by atoms with Crippen molar-refractivity contribution in [2.45, 2.75) is 5.92 Å². The van der Waals surface area contributed by atoms with Crippen LogP contribution in [0.3, 0.4) is 0 Å². The van der Waals surface area contributed by atoms with Gasteiger partial charge in [-0.25, -0.2) is 4.79 Å². The minimum absolute atomic E-state index is 0.176. The summed E-state index contributed by atoms with van der Waals surface area (Å²) in [7, 11) is 1.67. The molecule has 1 aliphatic rings. The molecular formula is C14H16N2O3. The van der Waals surface area contributed by atoms with E-state index < -0.39 is 11.9 Å². The number of aliphatic carboxylic acids is 1. The van der Waals surface area contributed by atoms with Crippen LogP contribution in [0.15, 0.2) is 36.9 Å². The molecule has 1 atom stereocenters. The van der Waals surface area contributed by atoms with E-state index >= 15 is 0 Å². The van der Waals surface area contributed by atoms with Crippen molar-refractivity contribution in [3.05, 3.63) is 42.5 Å². The molecule has 0 radical (unpaired) electrons. The second-order valence-electron chi connectivity index (χ2n) is 4.51. The fraction of sp³-hybridized carbons (Fsp3) is 0.286. The maximum Gasteiger partial charge on any atom is 0.324 e. The van der Waals surface area contributed by atoms with Crippen LogP contribution >= 0.6 is 0 Å². The van der Waals surface area contributed by atoms with Crippen LogP contribution in [0, 0.1) is 0 Å². The highest BCUT2D eigenvalue weighted by Gasteiger charge is 2.37. The molecule has 0 bridgehead atoms. The van der Waals surface area contributed by atoms with Crippen molar-refractivity contribution in [1.29, 1.82) is 0 Å². The van der Waals surface area contributed by atoms with Gasteiger partial charge in [0.15, 0.2) is 0 Å². The fourth-order valence-corrected chi connectivity index (χ4v) is 2.28. The standard InChI is InChI=1S/C14H16N2O3/c1-3-8-15(2)14(19)16-9-11(13(17)18)10-6-4-5-7-12(10)16/h3-7,11H,1,8-9H2,2H3,(H,17,18). The summed E-state index contributed by atoms with van der Waals surface area (Å²) >= 11 is 0. The number of hydrogen-bond acceptors (Lipinski definition) is 2. The molecule has 0 saturated carbocycles. The second kappa shape index (κ2) is 5.14. The van der Waals surface area contributed by atoms with E-state index in [1.54, 1.807) is 37.4 Å². The average molecular weight is 260 g/mol. The van der Waals surface area contributed by atoms with E-state index in [0.29, 0.717) is 17.8 Å². The summed E-state index contributed by atoms with van der Waals surface area (Å²) in [6.45, 7) is 4.19. The Labute approximate surface area is 111 Å². The Morgan fingerprint density at radius 2 is 2.21 bits per heavy atom. The lowest BCUT2D eigenvalue weighted by atomic mass is 10.0. The molecule has 0 aliphatic carbocycles. The minimum Gasteiger partial charge on any atom is -0.481 e. The summed E-state index contributed by atoms with van der Waals surface area (Å²) in [5.41, 5.74) is 1.37. The van der Waals surface area contributed by atoms with Crippen LogP contribution in [0.2, 0.25) is 0 Å². The number of hydrogen-bond donors (Lipinski definition) is 1. The van der Waals surface area contributed by atoms with Gasteiger partial charge < -0.3 is 10.0 Å². The Hall–Kier alpha value is -2.30. The number of benzene rings is 1. The van der Waals surface area contributed by atoms with Gasteiger partial charge in [0.05, 0.1) is 0 Å². The third kappa shape index (κ3) is 2.31. The number of fused-ring (bicyclic) bond motifs is 1. The van der Waals surface area contributed by atoms with Gasteiger partial charge in [0.2, 0.25) is 0 Å². The van der Waals surface area contributed by atoms with E-state index in [-0.39, 0.29) is 12.6 Å². The molecule has 1 aromatic carbocycles. The average Bonchev–Trinajstić information content (AvgIpc) is 2.78. The normalized spacial score (nSPS) is 16.9. The molecule has 100 valence electrons. The molecular weight excluding hydrogens is 244 g/mol. The topological polar surface area (TPSA) is 60.9 Å². The fourth-order valence-electron chi connectivity index (χ4n) is 2.28. The van der Waals surface area contributed by atoms with Crippen molar-refractivity contribution >= 4 is 17.7 Å². The lowest BCUT2D eigenvalue weighted by molar-refractivity contribution is -0.138. The van der Waals surface area contributed by atoms with Crippen molar-refractivity contribution in [3.8, 4) is 0 Å². The molecule has 1 unspecified atom stereocenters. The smallest absolute Gasteiger partial charge is 0.324 e. The molecule has 1 N–H and O–H groups in total. The van der Waals surface area contributed by atoms with Gasteiger partial charge in [-0.2, -0.15) is 0 Å². The number of carbonyl (C=O) groups excluding carboxylic acids is 1. The number of urea groups is 1. The Balaban J connectivity index is 2.32. The highest BCUT2D eigenvalue weighted by molar-refractivity contribution is 5.98. The lowest BCUT2D eigenvalue weighted by Gasteiger charge is -2.24. The SMILES string of the molecule is C=CCN(C)C(=O)N1CC(C(=O)O)c2ccccc21. The Kier molecular flexibility index (Phi) is 3.55. The summed E-state index contributed by atoms with van der Waals surface area (Å²) < 4.78 is 0. The summed E-state index contributed by atoms with van der Waals surface area (Å²) in [4.78, 5) is 26.6. The maximum atomic E-state index is 12.3. The maximum absolute atomic E-state index is 12.3. The van der Waals surface area contributed by atoms with Crippen molar-refractivity contribution < 1.29 is 14.7 Å². The second-order valence-corrected chi connectivity index (χ2v) is 4.51. The Morgan fingerprint density at radius 1 is 1.53 bits per heavy atom. The number of likely N-dealkylation sites (N-methyl/N-ethyl adjacent to an activating group) is 1. The van der Waals surface area contributed by atoms with Crippen LogP contribution in [0.1, 0.15) is 11.5 Å². The first-order valence-electron chi connectivity index (χ1n) is 6.01. The zero-order valence-electron chi connectivity index (χ0n) is 10.7. The first-order valence-corrected chi connectivity index (χ1v) is 6.01. The van der Waals surface area contributed by atoms with Crippen LogP contribution in [-0.4, -0.2) is 42.1 Å². The molecule has 1 aliphatic heterocycles. The first kappa shape index (κ1) is 13.1. The molecule has 5 nitrogen and oxygen atoms in total. The summed E-state index contributed by atoms with van der Waals surface area (Å²) in [5, 5.41) is 9.23. The van der Waals surface area contributed by atoms with Gasteiger partial charge in [0.25, 0.3) is 0 Å². The van der Waals surface area contributed by atoms with E-state index in [9.17, 15) is 14.7 Å². The predicted molar refractivity (Wildman–Crippen MR) is 72.4 cm³/mol. The van der Waals surface area contributed by atoms with Gasteiger partial charge in [-0.05, 0) is 11.6 Å². The van der Waals surface area contributed by atoms with Crippen LogP contribution in [0.25, 0.3) is 0 Å². The molecule has 2 amide bonds. The van der Waals surface area contributed by atoms with Crippen LogP contribution < -0.4 is 4.90 Å². The lowest BCUT2D eigenvalue weighted by Crippen LogP contribution is -2.41. The molecule has 0 spiro atoms. The van der Waals surface area contributed by atoms with Crippen molar-refractivity contribution in [2.75, 3.05) is 25.0 Å². The molecule has 0 fully saturated rings. The van der Waals surface area contributed by atoms with Crippen molar-refractivity contribution in [2.24, 2.45) is 0 Å². The zero-order chi connectivity index (χ0) is 14.0. The molecule has 0 aromatic heterocycles. The summed E-state index contributed by atoms with van der Waals surface area (Å²) in [6, 6.07) is 6.91. The third-order valence-electron chi connectivity index (χ3n) is 3.23. The number of anilines is 1. The van der Waals surface area contributed by atoms with E-state index in [1.165, 1.54) is 9.80 Å². The Bertz CT molecular complexity index is 527. The van der Waals surface area contributed by atoms with Gasteiger partial charge in [-0.3, -0.25) is 9.69 Å². The molecule has 1 heterocycles. The van der Waals surface area contributed by atoms with Gasteiger partial charge in [-0.1, -0.05) is 24.3 Å². The highest BCUT2D eigenvalue weighted by Crippen LogP contribution is 2.36. The van der Waals surface area contributed by atoms with Crippen molar-refractivity contribution in [3.63, 3.8) is 0 Å². The predicted octanol–water partition coefficient (Wildman–Crippen LogP) is 1.91. The number of rotatable bonds is 3. The largest absolute Gasteiger partial charge is 0.481 e. The Morgan fingerprint density at radius 3 is 2.84 bits per heavy atom. The molecule has 1 aromatic rings. The molecule has 5 heteroatoms. The number of amides is 2. The highest BCUT2D eigenvalue weighted by atomic mass is 16.4. The van der Waals surface area contributed by atoms with Gasteiger partial charge in [0, 0.05) is 25.8 Å². The van der Waals surface area contributed by atoms with Gasteiger partial charge in [0.1, 0.15) is 5.92 Å². The monoisotopic (exact) mass is 260 g/mol. The van der Waals surface area contributed by atoms with Crippen LogP contribution in [0.5, 0.6) is 0 Å². The van der Waals surface area contributed by atoms with Crippen LogP contribution in [0.4, 0.5) is 10.5 Å². The van der Waals surface area contributed by atoms with E-state index in [4.69, 9.17) is 0 Å². The molecule has 0 saturated heterocycles. The molecule has 2 rings (SSSR count). The first-order chi connectivity index (χ1) is 9.06. The van der Waals surface area contributed by atoms with E-state index in [1.807, 2.05) is 0 Å². The van der Waals surface area contributed by atoms with Crippen LogP contribution in [-0.2, 0) is 4.79 Å². The number of carboxylic acids is 1. The van der Waals surface area contributed by atoms with Gasteiger partial charge in [-0.15, -0.1) is 6.58 Å². The summed E-state index contributed by atoms with van der Waals surface area (Å²) in [6.07, 6.45) is 1.63. The minimum atomic E-state index is -0.908. The number of para-hydroxylation sites is 1. The quantitative estimate of drug-likeness (QED) is 0.844. The third-order valence-corrected chi connectivity index (χ3v) is 3.23. The van der Waals surface area contributed by atoms with Crippen molar-refractivity contribution in [1.82, 2.24) is 4.90 Å². The van der Waals surface area contributed by atoms with E-state index in [2.05, 4.69) is 6.58 Å². The van der Waals surface area contributed by atoms with E-state index in [0.717, 1.165) is 0 Å². The molecule has 19 heavy (non-hydrogen) atoms. The van der Waals surface area contributed by atoms with Gasteiger partial charge >= 0.3 is 12.0 Å². The number of carbonyl (C=O) groups is 2. The number of nitrogens with zero attached hydrogens (tertiary/aromatic N) is 2. The zero-order valence-corrected chi connectivity index (χ0v) is 10.7. The number of carboxylic acid groups (broad SMARTS) is 1.